The monoisotopic (exact) mass is 266 g/mol. The van der Waals surface area contributed by atoms with Gasteiger partial charge in [-0.3, -0.25) is 4.79 Å². The number of hydrogen-bond donors (Lipinski definition) is 1. The molecule has 1 unspecified atom stereocenters. The minimum atomic E-state index is -0.277. The average Bonchev–Trinajstić information content (AvgIpc) is 2.42. The number of hydrogen-bond acceptors (Lipinski definition) is 3. The van der Waals surface area contributed by atoms with Crippen LogP contribution in [-0.2, 0) is 16.1 Å². The van der Waals surface area contributed by atoms with Crippen LogP contribution in [0.4, 0.5) is 4.39 Å². The van der Waals surface area contributed by atoms with Crippen molar-refractivity contribution < 1.29 is 13.9 Å². The quantitative estimate of drug-likeness (QED) is 0.873. The van der Waals surface area contributed by atoms with Gasteiger partial charge in [0.05, 0.1) is 6.10 Å². The molecule has 2 rings (SSSR count). The van der Waals surface area contributed by atoms with Crippen LogP contribution >= 0.6 is 0 Å². The summed E-state index contributed by atoms with van der Waals surface area (Å²) < 4.78 is 19.0. The van der Waals surface area contributed by atoms with Gasteiger partial charge in [-0.15, -0.1) is 0 Å². The Morgan fingerprint density at radius 3 is 2.95 bits per heavy atom. The molecular weight excluding hydrogens is 247 g/mol. The number of rotatable bonds is 5. The number of carbonyl (C=O) groups is 1. The van der Waals surface area contributed by atoms with Crippen molar-refractivity contribution in [3.8, 4) is 0 Å². The summed E-state index contributed by atoms with van der Waals surface area (Å²) >= 11 is 0. The molecule has 1 aliphatic heterocycles. The Bertz CT molecular complexity index is 439. The van der Waals surface area contributed by atoms with Crippen molar-refractivity contribution >= 4 is 5.91 Å². The van der Waals surface area contributed by atoms with E-state index < -0.39 is 0 Å². The Kier molecular flexibility index (Phi) is 4.87. The number of amides is 1. The van der Waals surface area contributed by atoms with Crippen molar-refractivity contribution in [2.45, 2.75) is 25.5 Å². The lowest BCUT2D eigenvalue weighted by atomic mass is 10.1. The zero-order valence-electron chi connectivity index (χ0n) is 10.8. The van der Waals surface area contributed by atoms with E-state index in [0.717, 1.165) is 12.8 Å². The highest BCUT2D eigenvalue weighted by Gasteiger charge is 2.26. The Labute approximate surface area is 112 Å². The molecule has 5 heteroatoms. The van der Waals surface area contributed by atoms with Gasteiger partial charge in [-0.2, -0.15) is 0 Å². The van der Waals surface area contributed by atoms with Crippen LogP contribution < -0.4 is 5.73 Å². The summed E-state index contributed by atoms with van der Waals surface area (Å²) in [6, 6.07) is 6.53. The Balaban J connectivity index is 1.97. The third-order valence-corrected chi connectivity index (χ3v) is 3.27. The predicted octanol–water partition coefficient (Wildman–Crippen LogP) is 1.29. The number of halogens is 1. The molecule has 0 aromatic heterocycles. The van der Waals surface area contributed by atoms with E-state index in [0.29, 0.717) is 25.2 Å². The van der Waals surface area contributed by atoms with Gasteiger partial charge < -0.3 is 15.4 Å². The maximum atomic E-state index is 13.6. The van der Waals surface area contributed by atoms with Gasteiger partial charge in [0.15, 0.2) is 0 Å². The zero-order chi connectivity index (χ0) is 13.7. The summed E-state index contributed by atoms with van der Waals surface area (Å²) in [5, 5.41) is 0. The summed E-state index contributed by atoms with van der Waals surface area (Å²) in [4.78, 5) is 13.4. The lowest BCUT2D eigenvalue weighted by molar-refractivity contribution is -0.150. The molecule has 19 heavy (non-hydrogen) atoms. The Hall–Kier alpha value is -1.46. The highest BCUT2D eigenvalue weighted by Crippen LogP contribution is 2.16. The van der Waals surface area contributed by atoms with Crippen LogP contribution in [0.3, 0.4) is 0 Å². The van der Waals surface area contributed by atoms with E-state index in [1.54, 1.807) is 23.1 Å². The van der Waals surface area contributed by atoms with Crippen molar-refractivity contribution in [2.75, 3.05) is 19.7 Å². The molecule has 1 fully saturated rings. The molecule has 0 aliphatic carbocycles. The molecule has 1 heterocycles. The van der Waals surface area contributed by atoms with E-state index in [2.05, 4.69) is 0 Å². The van der Waals surface area contributed by atoms with Crippen molar-refractivity contribution in [3.63, 3.8) is 0 Å². The highest BCUT2D eigenvalue weighted by molar-refractivity contribution is 5.78. The van der Waals surface area contributed by atoms with Gasteiger partial charge in [-0.1, -0.05) is 18.2 Å². The molecule has 2 N–H and O–H groups in total. The zero-order valence-corrected chi connectivity index (χ0v) is 10.8. The van der Waals surface area contributed by atoms with Gasteiger partial charge in [-0.05, 0) is 25.5 Å². The third kappa shape index (κ3) is 3.75. The van der Waals surface area contributed by atoms with Gasteiger partial charge in [-0.25, -0.2) is 4.39 Å². The molecule has 1 amide bonds. The fraction of sp³-hybridized carbons (Fsp3) is 0.500. The first-order valence-corrected chi connectivity index (χ1v) is 6.53. The van der Waals surface area contributed by atoms with Gasteiger partial charge in [0, 0.05) is 18.7 Å². The smallest absolute Gasteiger partial charge is 0.248 e. The number of nitrogens with zero attached hydrogens (tertiary/aromatic N) is 1. The second-order valence-corrected chi connectivity index (χ2v) is 4.73. The van der Waals surface area contributed by atoms with Gasteiger partial charge >= 0.3 is 0 Å². The van der Waals surface area contributed by atoms with Crippen molar-refractivity contribution in [1.29, 1.82) is 0 Å². The SMILES string of the molecule is NCCCC1CN(Cc2ccccc2F)C(=O)CO1. The maximum absolute atomic E-state index is 13.6. The number of morpholine rings is 1. The normalized spacial score (nSPS) is 19.8. The molecule has 1 aromatic carbocycles. The molecule has 1 aliphatic rings. The minimum Gasteiger partial charge on any atom is -0.367 e. The maximum Gasteiger partial charge on any atom is 0.248 e. The fourth-order valence-electron chi connectivity index (χ4n) is 2.19. The van der Waals surface area contributed by atoms with Crippen LogP contribution in [0.5, 0.6) is 0 Å². The number of ether oxygens (including phenoxy) is 1. The Morgan fingerprint density at radius 1 is 1.42 bits per heavy atom. The van der Waals surface area contributed by atoms with Crippen molar-refractivity contribution in [3.05, 3.63) is 35.6 Å². The lowest BCUT2D eigenvalue weighted by Crippen LogP contribution is -2.46. The summed E-state index contributed by atoms with van der Waals surface area (Å²) in [5.74, 6) is -0.368. The Morgan fingerprint density at radius 2 is 2.21 bits per heavy atom. The summed E-state index contributed by atoms with van der Waals surface area (Å²) in [7, 11) is 0. The third-order valence-electron chi connectivity index (χ3n) is 3.27. The summed E-state index contributed by atoms with van der Waals surface area (Å²) in [6.07, 6.45) is 1.71. The summed E-state index contributed by atoms with van der Waals surface area (Å²) in [6.45, 7) is 1.49. The lowest BCUT2D eigenvalue weighted by Gasteiger charge is -2.33. The second-order valence-electron chi connectivity index (χ2n) is 4.73. The van der Waals surface area contributed by atoms with Crippen LogP contribution in [0.1, 0.15) is 18.4 Å². The van der Waals surface area contributed by atoms with Crippen LogP contribution in [0, 0.1) is 5.82 Å². The molecule has 4 nitrogen and oxygen atoms in total. The molecule has 0 spiro atoms. The molecule has 0 saturated carbocycles. The van der Waals surface area contributed by atoms with Crippen LogP contribution in [0.25, 0.3) is 0 Å². The predicted molar refractivity (Wildman–Crippen MR) is 69.8 cm³/mol. The van der Waals surface area contributed by atoms with Gasteiger partial charge in [0.25, 0.3) is 0 Å². The second kappa shape index (κ2) is 6.63. The standard InChI is InChI=1S/C14H19FN2O2/c15-13-6-2-1-4-11(13)8-17-9-12(5-3-7-16)19-10-14(17)18/h1-2,4,6,12H,3,5,7-10,16H2. The topological polar surface area (TPSA) is 55.6 Å². The summed E-state index contributed by atoms with van der Waals surface area (Å²) in [5.41, 5.74) is 6.00. The molecule has 0 bridgehead atoms. The van der Waals surface area contributed by atoms with E-state index in [4.69, 9.17) is 10.5 Å². The number of benzene rings is 1. The number of nitrogens with two attached hydrogens (primary N) is 1. The van der Waals surface area contributed by atoms with Crippen LogP contribution in [0.2, 0.25) is 0 Å². The first kappa shape index (κ1) is 14.0. The first-order valence-electron chi connectivity index (χ1n) is 6.53. The molecule has 1 atom stereocenters. The van der Waals surface area contributed by atoms with E-state index in [-0.39, 0.29) is 24.4 Å². The molecular formula is C14H19FN2O2. The first-order chi connectivity index (χ1) is 9.20. The molecule has 1 saturated heterocycles. The minimum absolute atomic E-state index is 0.00743. The van der Waals surface area contributed by atoms with Crippen molar-refractivity contribution in [2.24, 2.45) is 5.73 Å². The van der Waals surface area contributed by atoms with E-state index in [1.807, 2.05) is 0 Å². The van der Waals surface area contributed by atoms with Crippen molar-refractivity contribution in [1.82, 2.24) is 4.90 Å². The average molecular weight is 266 g/mol. The van der Waals surface area contributed by atoms with Crippen LogP contribution in [-0.4, -0.2) is 36.6 Å². The van der Waals surface area contributed by atoms with Crippen LogP contribution in [0.15, 0.2) is 24.3 Å². The van der Waals surface area contributed by atoms with E-state index in [1.165, 1.54) is 6.07 Å². The highest BCUT2D eigenvalue weighted by atomic mass is 19.1. The van der Waals surface area contributed by atoms with Gasteiger partial charge in [0.1, 0.15) is 12.4 Å². The molecule has 0 radical (unpaired) electrons. The largest absolute Gasteiger partial charge is 0.367 e. The van der Waals surface area contributed by atoms with E-state index in [9.17, 15) is 9.18 Å². The van der Waals surface area contributed by atoms with Gasteiger partial charge in [0.2, 0.25) is 5.91 Å². The molecule has 1 aromatic rings. The van der Waals surface area contributed by atoms with E-state index >= 15 is 0 Å². The number of carbonyl (C=O) groups excluding carboxylic acids is 1. The molecule has 104 valence electrons. The fourth-order valence-corrected chi connectivity index (χ4v) is 2.19.